The summed E-state index contributed by atoms with van der Waals surface area (Å²) in [7, 11) is 1.84. The standard InChI is InChI=1S/C15H20N4O.ClH/c1-16-10-8-15(20)17-11-7-13-9-12-19(18-13)14-5-3-2-4-6-14;/h2-6,9,12,16H,7-8,10-11H2,1H3,(H,17,20);1H. The zero-order valence-corrected chi connectivity index (χ0v) is 12.9. The number of nitrogens with one attached hydrogen (secondary N) is 2. The van der Waals surface area contributed by atoms with Crippen LogP contribution in [0.2, 0.25) is 0 Å². The normalized spacial score (nSPS) is 9.95. The maximum Gasteiger partial charge on any atom is 0.221 e. The van der Waals surface area contributed by atoms with Crippen LogP contribution in [0.4, 0.5) is 0 Å². The number of halogens is 1. The largest absolute Gasteiger partial charge is 0.356 e. The fraction of sp³-hybridized carbons (Fsp3) is 0.333. The van der Waals surface area contributed by atoms with Gasteiger partial charge in [0.05, 0.1) is 11.4 Å². The van der Waals surface area contributed by atoms with Crippen LogP contribution in [0.3, 0.4) is 0 Å². The number of nitrogens with zero attached hydrogens (tertiary/aromatic N) is 2. The average Bonchev–Trinajstić information content (AvgIpc) is 2.95. The van der Waals surface area contributed by atoms with E-state index in [1.807, 2.05) is 54.3 Å². The smallest absolute Gasteiger partial charge is 0.221 e. The molecule has 0 atom stereocenters. The summed E-state index contributed by atoms with van der Waals surface area (Å²) in [5, 5.41) is 10.3. The third-order valence-corrected chi connectivity index (χ3v) is 2.97. The maximum atomic E-state index is 11.4. The minimum Gasteiger partial charge on any atom is -0.356 e. The van der Waals surface area contributed by atoms with Crippen molar-refractivity contribution in [3.8, 4) is 5.69 Å². The molecule has 0 aliphatic carbocycles. The molecule has 1 aromatic carbocycles. The highest BCUT2D eigenvalue weighted by molar-refractivity contribution is 5.85. The molecule has 0 aliphatic heterocycles. The Morgan fingerprint density at radius 2 is 1.95 bits per heavy atom. The van der Waals surface area contributed by atoms with Gasteiger partial charge in [-0.25, -0.2) is 4.68 Å². The second-order valence-electron chi connectivity index (χ2n) is 4.54. The Balaban J connectivity index is 0.00000220. The van der Waals surface area contributed by atoms with Gasteiger partial charge >= 0.3 is 0 Å². The fourth-order valence-electron chi connectivity index (χ4n) is 1.88. The van der Waals surface area contributed by atoms with E-state index in [4.69, 9.17) is 0 Å². The summed E-state index contributed by atoms with van der Waals surface area (Å²) in [4.78, 5) is 11.4. The number of carbonyl (C=O) groups is 1. The van der Waals surface area contributed by atoms with Gasteiger partial charge in [0.2, 0.25) is 5.91 Å². The third-order valence-electron chi connectivity index (χ3n) is 2.97. The van der Waals surface area contributed by atoms with Gasteiger partial charge in [0.1, 0.15) is 0 Å². The van der Waals surface area contributed by atoms with Crippen molar-refractivity contribution in [3.05, 3.63) is 48.3 Å². The van der Waals surface area contributed by atoms with Crippen LogP contribution in [-0.2, 0) is 11.2 Å². The molecule has 5 nitrogen and oxygen atoms in total. The molecular weight excluding hydrogens is 288 g/mol. The molecule has 114 valence electrons. The van der Waals surface area contributed by atoms with Crippen LogP contribution in [0.5, 0.6) is 0 Å². The predicted molar refractivity (Wildman–Crippen MR) is 86.1 cm³/mol. The number of hydrogen-bond donors (Lipinski definition) is 2. The third kappa shape index (κ3) is 5.57. The summed E-state index contributed by atoms with van der Waals surface area (Å²) in [6.45, 7) is 1.32. The van der Waals surface area contributed by atoms with Gasteiger partial charge in [0, 0.05) is 32.1 Å². The van der Waals surface area contributed by atoms with Gasteiger partial charge in [-0.15, -0.1) is 12.4 Å². The van der Waals surface area contributed by atoms with E-state index in [0.29, 0.717) is 19.5 Å². The maximum absolute atomic E-state index is 11.4. The monoisotopic (exact) mass is 308 g/mol. The number of para-hydroxylation sites is 1. The summed E-state index contributed by atoms with van der Waals surface area (Å²) >= 11 is 0. The van der Waals surface area contributed by atoms with Crippen molar-refractivity contribution in [2.45, 2.75) is 12.8 Å². The SMILES string of the molecule is CNCCC(=O)NCCc1ccn(-c2ccccc2)n1.Cl. The molecule has 21 heavy (non-hydrogen) atoms. The van der Waals surface area contributed by atoms with Crippen molar-refractivity contribution in [2.24, 2.45) is 0 Å². The molecule has 6 heteroatoms. The number of rotatable bonds is 7. The summed E-state index contributed by atoms with van der Waals surface area (Å²) in [5.74, 6) is 0.0712. The quantitative estimate of drug-likeness (QED) is 0.816. The molecule has 1 aromatic heterocycles. The Hall–Kier alpha value is -1.85. The van der Waals surface area contributed by atoms with Gasteiger partial charge in [-0.3, -0.25) is 4.79 Å². The molecule has 0 saturated heterocycles. The Morgan fingerprint density at radius 1 is 1.19 bits per heavy atom. The van der Waals surface area contributed by atoms with Crippen molar-refractivity contribution in [1.29, 1.82) is 0 Å². The number of amides is 1. The number of carbonyl (C=O) groups excluding carboxylic acids is 1. The molecule has 0 aliphatic rings. The minimum atomic E-state index is 0. The van der Waals surface area contributed by atoms with Crippen molar-refractivity contribution >= 4 is 18.3 Å². The number of aromatic nitrogens is 2. The van der Waals surface area contributed by atoms with Crippen LogP contribution in [0.25, 0.3) is 5.69 Å². The zero-order chi connectivity index (χ0) is 14.2. The highest BCUT2D eigenvalue weighted by Gasteiger charge is 2.03. The van der Waals surface area contributed by atoms with Gasteiger partial charge in [-0.05, 0) is 25.2 Å². The van der Waals surface area contributed by atoms with E-state index in [-0.39, 0.29) is 18.3 Å². The van der Waals surface area contributed by atoms with Gasteiger partial charge in [0.15, 0.2) is 0 Å². The van der Waals surface area contributed by atoms with E-state index in [2.05, 4.69) is 15.7 Å². The molecule has 1 heterocycles. The second kappa shape index (κ2) is 9.15. The lowest BCUT2D eigenvalue weighted by Crippen LogP contribution is -2.28. The highest BCUT2D eigenvalue weighted by atomic mass is 35.5. The van der Waals surface area contributed by atoms with Crippen molar-refractivity contribution in [2.75, 3.05) is 20.1 Å². The van der Waals surface area contributed by atoms with Gasteiger partial charge < -0.3 is 10.6 Å². The molecular formula is C15H21ClN4O. The number of benzene rings is 1. The van der Waals surface area contributed by atoms with Gasteiger partial charge in [-0.1, -0.05) is 18.2 Å². The van der Waals surface area contributed by atoms with Crippen LogP contribution in [0.15, 0.2) is 42.6 Å². The Morgan fingerprint density at radius 3 is 2.67 bits per heavy atom. The molecule has 2 rings (SSSR count). The Bertz CT molecular complexity index is 542. The van der Waals surface area contributed by atoms with E-state index >= 15 is 0 Å². The van der Waals surface area contributed by atoms with Crippen LogP contribution >= 0.6 is 12.4 Å². The Labute approximate surface area is 131 Å². The van der Waals surface area contributed by atoms with Crippen LogP contribution in [-0.4, -0.2) is 35.8 Å². The van der Waals surface area contributed by atoms with Crippen molar-refractivity contribution < 1.29 is 4.79 Å². The summed E-state index contributed by atoms with van der Waals surface area (Å²) in [6, 6.07) is 11.9. The van der Waals surface area contributed by atoms with Crippen LogP contribution in [0, 0.1) is 0 Å². The molecule has 0 spiro atoms. The van der Waals surface area contributed by atoms with E-state index in [9.17, 15) is 4.79 Å². The van der Waals surface area contributed by atoms with Crippen LogP contribution < -0.4 is 10.6 Å². The predicted octanol–water partition coefficient (Wildman–Crippen LogP) is 1.56. The zero-order valence-electron chi connectivity index (χ0n) is 12.1. The molecule has 1 amide bonds. The van der Waals surface area contributed by atoms with Crippen LogP contribution in [0.1, 0.15) is 12.1 Å². The van der Waals surface area contributed by atoms with Crippen molar-refractivity contribution in [1.82, 2.24) is 20.4 Å². The molecule has 2 N–H and O–H groups in total. The van der Waals surface area contributed by atoms with Gasteiger partial charge in [0.25, 0.3) is 0 Å². The lowest BCUT2D eigenvalue weighted by atomic mass is 10.3. The lowest BCUT2D eigenvalue weighted by Gasteiger charge is -2.03. The second-order valence-corrected chi connectivity index (χ2v) is 4.54. The molecule has 0 bridgehead atoms. The summed E-state index contributed by atoms with van der Waals surface area (Å²) in [5.41, 5.74) is 2.01. The van der Waals surface area contributed by atoms with E-state index in [1.54, 1.807) is 0 Å². The first-order valence-electron chi connectivity index (χ1n) is 6.81. The average molecular weight is 309 g/mol. The highest BCUT2D eigenvalue weighted by Crippen LogP contribution is 2.06. The van der Waals surface area contributed by atoms with E-state index in [0.717, 1.165) is 17.8 Å². The topological polar surface area (TPSA) is 59.0 Å². The molecule has 0 unspecified atom stereocenters. The molecule has 0 fully saturated rings. The number of hydrogen-bond acceptors (Lipinski definition) is 3. The van der Waals surface area contributed by atoms with Gasteiger partial charge in [-0.2, -0.15) is 5.10 Å². The lowest BCUT2D eigenvalue weighted by molar-refractivity contribution is -0.120. The Kier molecular flexibility index (Phi) is 7.50. The van der Waals surface area contributed by atoms with E-state index in [1.165, 1.54) is 0 Å². The molecule has 0 radical (unpaired) electrons. The van der Waals surface area contributed by atoms with Crippen molar-refractivity contribution in [3.63, 3.8) is 0 Å². The first-order chi connectivity index (χ1) is 9.79. The minimum absolute atomic E-state index is 0. The van der Waals surface area contributed by atoms with E-state index < -0.39 is 0 Å². The molecule has 0 saturated carbocycles. The summed E-state index contributed by atoms with van der Waals surface area (Å²) < 4.78 is 1.85. The first kappa shape index (κ1) is 17.2. The molecule has 2 aromatic rings. The fourth-order valence-corrected chi connectivity index (χ4v) is 1.88. The first-order valence-corrected chi connectivity index (χ1v) is 6.81. The summed E-state index contributed by atoms with van der Waals surface area (Å²) in [6.07, 6.45) is 3.19.